The fraction of sp³-hybridized carbons (Fsp3) is 0.143. The van der Waals surface area contributed by atoms with Crippen molar-refractivity contribution in [2.24, 2.45) is 0 Å². The first-order valence-corrected chi connectivity index (χ1v) is 8.34. The molecule has 3 rings (SSSR count). The van der Waals surface area contributed by atoms with Gasteiger partial charge in [0.15, 0.2) is 0 Å². The van der Waals surface area contributed by atoms with Crippen LogP contribution in [0.4, 0.5) is 10.1 Å². The fourth-order valence-corrected chi connectivity index (χ4v) is 2.60. The van der Waals surface area contributed by atoms with E-state index in [-0.39, 0.29) is 11.7 Å². The fourth-order valence-electron chi connectivity index (χ4n) is 2.60. The number of carbonyl (C=O) groups is 1. The maximum Gasteiger partial charge on any atom is 0.253 e. The van der Waals surface area contributed by atoms with Crippen molar-refractivity contribution < 1.29 is 9.18 Å². The molecule has 3 aromatic rings. The molecule has 0 saturated heterocycles. The van der Waals surface area contributed by atoms with Gasteiger partial charge in [0, 0.05) is 26.3 Å². The Bertz CT molecular complexity index is 866. The van der Waals surface area contributed by atoms with Crippen molar-refractivity contribution in [2.45, 2.75) is 13.1 Å². The molecule has 26 heavy (non-hydrogen) atoms. The number of hydrogen-bond donors (Lipinski definition) is 1. The van der Waals surface area contributed by atoms with Gasteiger partial charge in [0.1, 0.15) is 5.82 Å². The molecule has 0 bridgehead atoms. The van der Waals surface area contributed by atoms with E-state index in [1.165, 1.54) is 17.7 Å². The zero-order valence-corrected chi connectivity index (χ0v) is 14.5. The largest absolute Gasteiger partial charge is 0.369 e. The van der Waals surface area contributed by atoms with Crippen molar-refractivity contribution >= 4 is 11.6 Å². The number of nitrogens with one attached hydrogen (secondary N) is 1. The zero-order valence-electron chi connectivity index (χ0n) is 14.5. The number of rotatable bonds is 6. The lowest BCUT2D eigenvalue weighted by molar-refractivity contribution is 0.0950. The highest BCUT2D eigenvalue weighted by molar-refractivity contribution is 5.94. The Labute approximate surface area is 152 Å². The van der Waals surface area contributed by atoms with Crippen LogP contribution in [0.15, 0.2) is 73.1 Å². The SMILES string of the molecule is CN(Cc1ccccc1)c1cncc(C(=O)NCc2ccc(F)cc2)c1. The molecule has 0 atom stereocenters. The predicted molar refractivity (Wildman–Crippen MR) is 100 cm³/mol. The normalized spacial score (nSPS) is 10.4. The van der Waals surface area contributed by atoms with E-state index in [0.29, 0.717) is 12.1 Å². The smallest absolute Gasteiger partial charge is 0.253 e. The minimum Gasteiger partial charge on any atom is -0.369 e. The van der Waals surface area contributed by atoms with Gasteiger partial charge >= 0.3 is 0 Å². The van der Waals surface area contributed by atoms with Crippen molar-refractivity contribution in [3.05, 3.63) is 95.6 Å². The number of nitrogens with zero attached hydrogens (tertiary/aromatic N) is 2. The van der Waals surface area contributed by atoms with Crippen LogP contribution >= 0.6 is 0 Å². The maximum atomic E-state index is 12.9. The monoisotopic (exact) mass is 349 g/mol. The number of pyridine rings is 1. The van der Waals surface area contributed by atoms with E-state index in [2.05, 4.69) is 22.4 Å². The van der Waals surface area contributed by atoms with Crippen molar-refractivity contribution in [1.29, 1.82) is 0 Å². The Hall–Kier alpha value is -3.21. The highest BCUT2D eigenvalue weighted by atomic mass is 19.1. The molecule has 132 valence electrons. The highest BCUT2D eigenvalue weighted by Gasteiger charge is 2.09. The number of amides is 1. The van der Waals surface area contributed by atoms with Crippen LogP contribution in [0.2, 0.25) is 0 Å². The Balaban J connectivity index is 1.64. The Kier molecular flexibility index (Phi) is 5.59. The van der Waals surface area contributed by atoms with Gasteiger partial charge in [-0.05, 0) is 29.3 Å². The summed E-state index contributed by atoms with van der Waals surface area (Å²) < 4.78 is 12.9. The van der Waals surface area contributed by atoms with Gasteiger partial charge in [-0.2, -0.15) is 0 Å². The van der Waals surface area contributed by atoms with Gasteiger partial charge in [-0.15, -0.1) is 0 Å². The summed E-state index contributed by atoms with van der Waals surface area (Å²) in [5, 5.41) is 2.83. The molecule has 0 aliphatic rings. The predicted octanol–water partition coefficient (Wildman–Crippen LogP) is 3.79. The van der Waals surface area contributed by atoms with Crippen molar-refractivity contribution in [3.63, 3.8) is 0 Å². The lowest BCUT2D eigenvalue weighted by Crippen LogP contribution is -2.24. The zero-order chi connectivity index (χ0) is 18.4. The Morgan fingerprint density at radius 3 is 2.50 bits per heavy atom. The molecule has 5 heteroatoms. The van der Waals surface area contributed by atoms with Crippen LogP contribution in [0, 0.1) is 5.82 Å². The number of aromatic nitrogens is 1. The summed E-state index contributed by atoms with van der Waals surface area (Å²) in [6.45, 7) is 1.06. The van der Waals surface area contributed by atoms with E-state index in [0.717, 1.165) is 17.8 Å². The summed E-state index contributed by atoms with van der Waals surface area (Å²) in [7, 11) is 1.96. The average molecular weight is 349 g/mol. The molecule has 1 amide bonds. The van der Waals surface area contributed by atoms with Gasteiger partial charge in [-0.25, -0.2) is 4.39 Å². The van der Waals surface area contributed by atoms with E-state index in [4.69, 9.17) is 0 Å². The van der Waals surface area contributed by atoms with Crippen LogP contribution in [-0.4, -0.2) is 17.9 Å². The molecule has 0 aliphatic carbocycles. The first kappa shape index (κ1) is 17.6. The highest BCUT2D eigenvalue weighted by Crippen LogP contribution is 2.16. The van der Waals surface area contributed by atoms with Crippen molar-refractivity contribution in [1.82, 2.24) is 10.3 Å². The van der Waals surface area contributed by atoms with Gasteiger partial charge in [0.05, 0.1) is 17.4 Å². The van der Waals surface area contributed by atoms with Crippen molar-refractivity contribution in [3.8, 4) is 0 Å². The Morgan fingerprint density at radius 2 is 1.77 bits per heavy atom. The summed E-state index contributed by atoms with van der Waals surface area (Å²) >= 11 is 0. The summed E-state index contributed by atoms with van der Waals surface area (Å²) in [6, 6.07) is 18.0. The average Bonchev–Trinajstić information content (AvgIpc) is 2.68. The van der Waals surface area contributed by atoms with E-state index < -0.39 is 0 Å². The molecule has 0 radical (unpaired) electrons. The first-order chi connectivity index (χ1) is 12.6. The van der Waals surface area contributed by atoms with Crippen molar-refractivity contribution in [2.75, 3.05) is 11.9 Å². The third-order valence-electron chi connectivity index (χ3n) is 4.06. The second-order valence-corrected chi connectivity index (χ2v) is 6.08. The molecule has 0 fully saturated rings. The molecule has 2 aromatic carbocycles. The maximum absolute atomic E-state index is 12.9. The summed E-state index contributed by atoms with van der Waals surface area (Å²) in [4.78, 5) is 18.6. The summed E-state index contributed by atoms with van der Waals surface area (Å²) in [5.74, 6) is -0.504. The number of anilines is 1. The van der Waals surface area contributed by atoms with Crippen LogP contribution in [0.3, 0.4) is 0 Å². The van der Waals surface area contributed by atoms with Gasteiger partial charge in [-0.3, -0.25) is 9.78 Å². The molecule has 1 aromatic heterocycles. The van der Waals surface area contributed by atoms with E-state index >= 15 is 0 Å². The Morgan fingerprint density at radius 1 is 1.04 bits per heavy atom. The standard InChI is InChI=1S/C21H20FN3O/c1-25(15-17-5-3-2-4-6-17)20-11-18(13-23-14-20)21(26)24-12-16-7-9-19(22)10-8-16/h2-11,13-14H,12,15H2,1H3,(H,24,26). The molecular formula is C21H20FN3O. The first-order valence-electron chi connectivity index (χ1n) is 8.34. The molecule has 0 aliphatic heterocycles. The molecule has 1 heterocycles. The van der Waals surface area contributed by atoms with Gasteiger partial charge in [0.2, 0.25) is 0 Å². The minimum atomic E-state index is -0.293. The van der Waals surface area contributed by atoms with E-state index in [1.807, 2.05) is 36.2 Å². The molecular weight excluding hydrogens is 329 g/mol. The molecule has 0 saturated carbocycles. The number of carbonyl (C=O) groups excluding carboxylic acids is 1. The quantitative estimate of drug-likeness (QED) is 0.736. The number of hydrogen-bond acceptors (Lipinski definition) is 3. The van der Waals surface area contributed by atoms with Gasteiger partial charge < -0.3 is 10.2 Å². The minimum absolute atomic E-state index is 0.211. The number of halogens is 1. The lowest BCUT2D eigenvalue weighted by Gasteiger charge is -2.19. The van der Waals surface area contributed by atoms with Crippen LogP contribution in [0.1, 0.15) is 21.5 Å². The topological polar surface area (TPSA) is 45.2 Å². The van der Waals surface area contributed by atoms with Crippen LogP contribution < -0.4 is 10.2 Å². The third-order valence-corrected chi connectivity index (χ3v) is 4.06. The molecule has 0 unspecified atom stereocenters. The van der Waals surface area contributed by atoms with E-state index in [9.17, 15) is 9.18 Å². The summed E-state index contributed by atoms with van der Waals surface area (Å²) in [6.07, 6.45) is 3.28. The third kappa shape index (κ3) is 4.66. The van der Waals surface area contributed by atoms with E-state index in [1.54, 1.807) is 24.5 Å². The van der Waals surface area contributed by atoms with Crippen LogP contribution in [-0.2, 0) is 13.1 Å². The summed E-state index contributed by atoms with van der Waals surface area (Å²) in [5.41, 5.74) is 3.37. The second kappa shape index (κ2) is 8.25. The van der Waals surface area contributed by atoms with Crippen LogP contribution in [0.25, 0.3) is 0 Å². The molecule has 1 N–H and O–H groups in total. The second-order valence-electron chi connectivity index (χ2n) is 6.08. The van der Waals surface area contributed by atoms with Gasteiger partial charge in [0.25, 0.3) is 5.91 Å². The lowest BCUT2D eigenvalue weighted by atomic mass is 10.2. The van der Waals surface area contributed by atoms with Crippen LogP contribution in [0.5, 0.6) is 0 Å². The number of benzene rings is 2. The molecule has 4 nitrogen and oxygen atoms in total. The molecule has 0 spiro atoms. The van der Waals surface area contributed by atoms with Gasteiger partial charge in [-0.1, -0.05) is 42.5 Å².